The van der Waals surface area contributed by atoms with Crippen LogP contribution in [-0.4, -0.2) is 24.2 Å². The molecular weight excluding hydrogens is 211 g/mol. The van der Waals surface area contributed by atoms with Crippen LogP contribution in [-0.2, 0) is 0 Å². The van der Waals surface area contributed by atoms with Gasteiger partial charge in [0.2, 0.25) is 0 Å². The van der Waals surface area contributed by atoms with E-state index in [1.165, 1.54) is 11.3 Å². The largest absolute Gasteiger partial charge is 0.342 e. The predicted octanol–water partition coefficient (Wildman–Crippen LogP) is 2.73. The Balaban J connectivity index is 2.15. The SMILES string of the molecule is FCC1CCCN1c1ncc(Cl)s1. The van der Waals surface area contributed by atoms with Crippen molar-refractivity contribution < 1.29 is 4.39 Å². The Kier molecular flexibility index (Phi) is 2.69. The lowest BCUT2D eigenvalue weighted by Crippen LogP contribution is -2.30. The minimum absolute atomic E-state index is 0.0159. The standard InChI is InChI=1S/C8H10ClFN2S/c9-7-5-11-8(13-7)12-3-1-2-6(12)4-10/h5-6H,1-4H2. The third-order valence-corrected chi connectivity index (χ3v) is 3.42. The fraction of sp³-hybridized carbons (Fsp3) is 0.625. The molecule has 1 atom stereocenters. The van der Waals surface area contributed by atoms with Crippen molar-refractivity contribution >= 4 is 28.1 Å². The topological polar surface area (TPSA) is 16.1 Å². The van der Waals surface area contributed by atoms with Gasteiger partial charge in [-0.1, -0.05) is 22.9 Å². The highest BCUT2D eigenvalue weighted by Gasteiger charge is 2.26. The third kappa shape index (κ3) is 1.79. The van der Waals surface area contributed by atoms with E-state index in [1.807, 2.05) is 4.90 Å². The Labute approximate surface area is 85.3 Å². The van der Waals surface area contributed by atoms with Crippen molar-refractivity contribution in [1.29, 1.82) is 0 Å². The van der Waals surface area contributed by atoms with Crippen LogP contribution >= 0.6 is 22.9 Å². The third-order valence-electron chi connectivity index (χ3n) is 2.27. The van der Waals surface area contributed by atoms with Crippen molar-refractivity contribution in [3.63, 3.8) is 0 Å². The number of hydrogen-bond donors (Lipinski definition) is 0. The van der Waals surface area contributed by atoms with Crippen LogP contribution < -0.4 is 4.90 Å². The van der Waals surface area contributed by atoms with Crippen LogP contribution in [0.3, 0.4) is 0 Å². The molecule has 1 fully saturated rings. The molecule has 1 aromatic rings. The van der Waals surface area contributed by atoms with Crippen LogP contribution in [0.25, 0.3) is 0 Å². The molecule has 2 heterocycles. The normalized spacial score (nSPS) is 22.6. The number of nitrogens with zero attached hydrogens (tertiary/aromatic N) is 2. The second-order valence-corrected chi connectivity index (χ2v) is 4.73. The molecule has 1 aliphatic heterocycles. The van der Waals surface area contributed by atoms with E-state index in [0.717, 1.165) is 24.5 Å². The summed E-state index contributed by atoms with van der Waals surface area (Å²) in [5.74, 6) is 0. The average Bonchev–Trinajstić information content (AvgIpc) is 2.71. The zero-order chi connectivity index (χ0) is 9.26. The van der Waals surface area contributed by atoms with Gasteiger partial charge in [0, 0.05) is 6.54 Å². The van der Waals surface area contributed by atoms with Crippen LogP contribution in [0.1, 0.15) is 12.8 Å². The second kappa shape index (κ2) is 3.80. The van der Waals surface area contributed by atoms with E-state index in [-0.39, 0.29) is 12.7 Å². The summed E-state index contributed by atoms with van der Waals surface area (Å²) >= 11 is 7.18. The molecule has 2 rings (SSSR count). The molecule has 1 aromatic heterocycles. The van der Waals surface area contributed by atoms with Crippen LogP contribution in [0.15, 0.2) is 6.20 Å². The minimum atomic E-state index is -0.294. The first kappa shape index (κ1) is 9.21. The maximum Gasteiger partial charge on any atom is 0.187 e. The number of aromatic nitrogens is 1. The van der Waals surface area contributed by atoms with Gasteiger partial charge in [-0.15, -0.1) is 0 Å². The van der Waals surface area contributed by atoms with Gasteiger partial charge < -0.3 is 4.90 Å². The summed E-state index contributed by atoms with van der Waals surface area (Å²) in [4.78, 5) is 6.15. The highest BCUT2D eigenvalue weighted by atomic mass is 35.5. The molecular formula is C8H10ClFN2S. The maximum atomic E-state index is 12.5. The highest BCUT2D eigenvalue weighted by molar-refractivity contribution is 7.19. The first-order valence-electron chi connectivity index (χ1n) is 4.25. The molecule has 2 nitrogen and oxygen atoms in total. The van der Waals surface area contributed by atoms with Crippen LogP contribution in [0, 0.1) is 0 Å². The van der Waals surface area contributed by atoms with Gasteiger partial charge in [-0.2, -0.15) is 0 Å². The molecule has 0 saturated carbocycles. The van der Waals surface area contributed by atoms with E-state index < -0.39 is 0 Å². The van der Waals surface area contributed by atoms with E-state index in [1.54, 1.807) is 6.20 Å². The van der Waals surface area contributed by atoms with Crippen molar-refractivity contribution in [3.05, 3.63) is 10.5 Å². The fourth-order valence-corrected chi connectivity index (χ4v) is 2.63. The van der Waals surface area contributed by atoms with Crippen molar-refractivity contribution in [2.24, 2.45) is 0 Å². The molecule has 0 N–H and O–H groups in total. The number of anilines is 1. The van der Waals surface area contributed by atoms with Crippen LogP contribution in [0.5, 0.6) is 0 Å². The summed E-state index contributed by atoms with van der Waals surface area (Å²) in [6, 6.07) is 0.0159. The van der Waals surface area contributed by atoms with Crippen LogP contribution in [0.2, 0.25) is 4.34 Å². The molecule has 72 valence electrons. The zero-order valence-electron chi connectivity index (χ0n) is 7.04. The summed E-state index contributed by atoms with van der Waals surface area (Å²) in [6.45, 7) is 0.607. The fourth-order valence-electron chi connectivity index (χ4n) is 1.63. The van der Waals surface area contributed by atoms with Gasteiger partial charge in [0.05, 0.1) is 12.2 Å². The molecule has 1 aliphatic rings. The molecule has 0 spiro atoms. The van der Waals surface area contributed by atoms with Crippen molar-refractivity contribution in [2.75, 3.05) is 18.1 Å². The van der Waals surface area contributed by atoms with Gasteiger partial charge in [-0.25, -0.2) is 9.37 Å². The Morgan fingerprint density at radius 2 is 2.62 bits per heavy atom. The maximum absolute atomic E-state index is 12.5. The molecule has 0 aromatic carbocycles. The number of thiazole rings is 1. The van der Waals surface area contributed by atoms with Crippen molar-refractivity contribution in [2.45, 2.75) is 18.9 Å². The zero-order valence-corrected chi connectivity index (χ0v) is 8.61. The summed E-state index contributed by atoms with van der Waals surface area (Å²) in [6.07, 6.45) is 3.59. The number of alkyl halides is 1. The average molecular weight is 221 g/mol. The number of hydrogen-bond acceptors (Lipinski definition) is 3. The van der Waals surface area contributed by atoms with E-state index >= 15 is 0 Å². The van der Waals surface area contributed by atoms with E-state index in [0.29, 0.717) is 4.34 Å². The first-order valence-corrected chi connectivity index (χ1v) is 5.44. The second-order valence-electron chi connectivity index (χ2n) is 3.09. The Hall–Kier alpha value is -0.350. The Morgan fingerprint density at radius 1 is 1.77 bits per heavy atom. The molecule has 13 heavy (non-hydrogen) atoms. The number of rotatable bonds is 2. The Bertz CT molecular complexity index is 291. The number of halogens is 2. The van der Waals surface area contributed by atoms with Gasteiger partial charge in [0.15, 0.2) is 5.13 Å². The molecule has 1 saturated heterocycles. The predicted molar refractivity (Wildman–Crippen MR) is 53.5 cm³/mol. The lowest BCUT2D eigenvalue weighted by atomic mass is 10.2. The van der Waals surface area contributed by atoms with Gasteiger partial charge in [-0.05, 0) is 12.8 Å². The van der Waals surface area contributed by atoms with Crippen molar-refractivity contribution in [3.8, 4) is 0 Å². The lowest BCUT2D eigenvalue weighted by molar-refractivity contribution is 0.428. The van der Waals surface area contributed by atoms with Gasteiger partial charge >= 0.3 is 0 Å². The van der Waals surface area contributed by atoms with E-state index in [9.17, 15) is 4.39 Å². The summed E-state index contributed by atoms with van der Waals surface area (Å²) in [5.41, 5.74) is 0. The van der Waals surface area contributed by atoms with E-state index in [2.05, 4.69) is 4.98 Å². The monoisotopic (exact) mass is 220 g/mol. The molecule has 0 aliphatic carbocycles. The summed E-state index contributed by atoms with van der Waals surface area (Å²) < 4.78 is 13.2. The van der Waals surface area contributed by atoms with Crippen LogP contribution in [0.4, 0.5) is 9.52 Å². The highest BCUT2D eigenvalue weighted by Crippen LogP contribution is 2.31. The van der Waals surface area contributed by atoms with Gasteiger partial charge in [0.1, 0.15) is 11.0 Å². The molecule has 5 heteroatoms. The van der Waals surface area contributed by atoms with E-state index in [4.69, 9.17) is 11.6 Å². The Morgan fingerprint density at radius 3 is 3.23 bits per heavy atom. The van der Waals surface area contributed by atoms with Gasteiger partial charge in [-0.3, -0.25) is 0 Å². The molecule has 1 unspecified atom stereocenters. The minimum Gasteiger partial charge on any atom is -0.342 e. The summed E-state index contributed by atoms with van der Waals surface area (Å²) in [7, 11) is 0. The lowest BCUT2D eigenvalue weighted by Gasteiger charge is -2.20. The molecule has 0 radical (unpaired) electrons. The smallest absolute Gasteiger partial charge is 0.187 e. The molecule has 0 bridgehead atoms. The van der Waals surface area contributed by atoms with Gasteiger partial charge in [0.25, 0.3) is 0 Å². The summed E-state index contributed by atoms with van der Waals surface area (Å²) in [5, 5.41) is 0.852. The quantitative estimate of drug-likeness (QED) is 0.762. The van der Waals surface area contributed by atoms with Crippen molar-refractivity contribution in [1.82, 2.24) is 4.98 Å². The molecule has 0 amide bonds. The first-order chi connectivity index (χ1) is 6.31.